The van der Waals surface area contributed by atoms with Crippen LogP contribution in [0.3, 0.4) is 0 Å². The molecule has 1 heteroatoms. The van der Waals surface area contributed by atoms with Gasteiger partial charge in [-0.15, -0.1) is 0 Å². The van der Waals surface area contributed by atoms with Gasteiger partial charge in [-0.25, -0.2) is 0 Å². The van der Waals surface area contributed by atoms with Crippen molar-refractivity contribution in [3.8, 4) is 11.1 Å². The van der Waals surface area contributed by atoms with E-state index in [0.29, 0.717) is 6.04 Å². The van der Waals surface area contributed by atoms with Crippen molar-refractivity contribution in [1.82, 2.24) is 0 Å². The summed E-state index contributed by atoms with van der Waals surface area (Å²) in [5, 5.41) is 0. The van der Waals surface area contributed by atoms with Gasteiger partial charge in [0.2, 0.25) is 0 Å². The van der Waals surface area contributed by atoms with Crippen LogP contribution in [-0.2, 0) is 5.41 Å². The molecule has 0 aromatic heterocycles. The van der Waals surface area contributed by atoms with Crippen molar-refractivity contribution in [1.29, 1.82) is 0 Å². The lowest BCUT2D eigenvalue weighted by atomic mass is 9.82. The van der Waals surface area contributed by atoms with E-state index in [2.05, 4.69) is 118 Å². The van der Waals surface area contributed by atoms with Gasteiger partial charge in [0, 0.05) is 16.8 Å². The normalized spacial score (nSPS) is 18.5. The quantitative estimate of drug-likeness (QED) is 0.442. The second kappa shape index (κ2) is 7.02. The average Bonchev–Trinajstić information content (AvgIpc) is 2.98. The summed E-state index contributed by atoms with van der Waals surface area (Å²) in [5.74, 6) is 0. The molecule has 1 unspecified atom stereocenters. The van der Waals surface area contributed by atoms with Crippen LogP contribution in [0.1, 0.15) is 43.9 Å². The summed E-state index contributed by atoms with van der Waals surface area (Å²) >= 11 is 0. The molecule has 3 aromatic rings. The number of hydrogen-bond acceptors (Lipinski definition) is 1. The summed E-state index contributed by atoms with van der Waals surface area (Å²) in [6.07, 6.45) is 7.97. The van der Waals surface area contributed by atoms with Crippen LogP contribution in [0.4, 0.5) is 11.4 Å². The van der Waals surface area contributed by atoms with Crippen molar-refractivity contribution >= 4 is 11.4 Å². The first kappa shape index (κ1) is 18.9. The maximum absolute atomic E-state index is 2.50. The van der Waals surface area contributed by atoms with Crippen LogP contribution in [0.25, 0.3) is 11.1 Å². The molecule has 150 valence electrons. The Morgan fingerprint density at radius 2 is 1.50 bits per heavy atom. The fourth-order valence-electron chi connectivity index (χ4n) is 4.99. The van der Waals surface area contributed by atoms with E-state index in [1.807, 2.05) is 0 Å². The van der Waals surface area contributed by atoms with Gasteiger partial charge >= 0.3 is 0 Å². The number of rotatable bonds is 3. The Balaban J connectivity index is 1.64. The molecular weight excluding hydrogens is 362 g/mol. The van der Waals surface area contributed by atoms with E-state index >= 15 is 0 Å². The Hall–Kier alpha value is -3.06. The van der Waals surface area contributed by atoms with Crippen LogP contribution in [-0.4, -0.2) is 6.04 Å². The van der Waals surface area contributed by atoms with E-state index in [9.17, 15) is 0 Å². The third kappa shape index (κ3) is 3.01. The van der Waals surface area contributed by atoms with Crippen molar-refractivity contribution in [2.75, 3.05) is 4.90 Å². The number of fused-ring (bicyclic) bond motifs is 3. The van der Waals surface area contributed by atoms with E-state index in [4.69, 9.17) is 0 Å². The van der Waals surface area contributed by atoms with Crippen LogP contribution in [0.2, 0.25) is 0 Å². The van der Waals surface area contributed by atoms with Crippen LogP contribution in [0.15, 0.2) is 90.5 Å². The number of nitrogens with zero attached hydrogens (tertiary/aromatic N) is 1. The maximum atomic E-state index is 2.50. The van der Waals surface area contributed by atoms with Gasteiger partial charge in [0.05, 0.1) is 6.04 Å². The highest BCUT2D eigenvalue weighted by atomic mass is 15.2. The van der Waals surface area contributed by atoms with Gasteiger partial charge in [-0.3, -0.25) is 0 Å². The van der Waals surface area contributed by atoms with Gasteiger partial charge in [0.25, 0.3) is 0 Å². The maximum Gasteiger partial charge on any atom is 0.0560 e. The molecule has 0 N–H and O–H groups in total. The van der Waals surface area contributed by atoms with Gasteiger partial charge in [0.15, 0.2) is 0 Å². The number of hydrogen-bond donors (Lipinski definition) is 0. The van der Waals surface area contributed by atoms with Crippen molar-refractivity contribution < 1.29 is 0 Å². The largest absolute Gasteiger partial charge is 0.334 e. The molecule has 0 aliphatic heterocycles. The molecule has 5 rings (SSSR count). The standard InChI is InChI=1S/C29H29N/c1-20-9-13-22(14-10-20)30(23-15-11-21(2)12-16-23)24-17-18-26-25-7-5-6-8-27(25)29(3,4)28(26)19-24/h5-15,17-19,23H,16H2,1-4H3. The van der Waals surface area contributed by atoms with E-state index < -0.39 is 0 Å². The van der Waals surface area contributed by atoms with Gasteiger partial charge < -0.3 is 4.90 Å². The number of aryl methyl sites for hydroxylation is 1. The molecule has 0 fully saturated rings. The molecule has 2 aliphatic carbocycles. The summed E-state index contributed by atoms with van der Waals surface area (Å²) in [6, 6.07) is 25.2. The first-order valence-corrected chi connectivity index (χ1v) is 10.9. The molecular formula is C29H29N. The number of anilines is 2. The number of benzene rings is 3. The Labute approximate surface area is 180 Å². The molecule has 30 heavy (non-hydrogen) atoms. The summed E-state index contributed by atoms with van der Waals surface area (Å²) in [4.78, 5) is 2.50. The molecule has 0 spiro atoms. The monoisotopic (exact) mass is 391 g/mol. The molecule has 1 atom stereocenters. The molecule has 2 aliphatic rings. The molecule has 0 amide bonds. The molecule has 0 heterocycles. The van der Waals surface area contributed by atoms with Crippen LogP contribution in [0, 0.1) is 6.92 Å². The highest BCUT2D eigenvalue weighted by Crippen LogP contribution is 2.50. The second-order valence-electron chi connectivity index (χ2n) is 9.22. The SMILES string of the molecule is CC1=CCC(N(c2ccc(C)cc2)c2ccc3c(c2)C(C)(C)c2ccccc2-3)C=C1. The van der Waals surface area contributed by atoms with E-state index in [0.717, 1.165) is 6.42 Å². The number of allylic oxidation sites excluding steroid dienone is 2. The zero-order valence-electron chi connectivity index (χ0n) is 18.3. The first-order valence-electron chi connectivity index (χ1n) is 10.9. The second-order valence-corrected chi connectivity index (χ2v) is 9.22. The first-order chi connectivity index (χ1) is 14.4. The zero-order chi connectivity index (χ0) is 20.9. The third-order valence-corrected chi connectivity index (χ3v) is 6.75. The molecule has 0 saturated carbocycles. The summed E-state index contributed by atoms with van der Waals surface area (Å²) in [7, 11) is 0. The highest BCUT2D eigenvalue weighted by molar-refractivity contribution is 5.83. The topological polar surface area (TPSA) is 3.24 Å². The molecule has 0 saturated heterocycles. The predicted octanol–water partition coefficient (Wildman–Crippen LogP) is 7.71. The molecule has 0 radical (unpaired) electrons. The minimum absolute atomic E-state index is 0.0137. The van der Waals surface area contributed by atoms with Crippen molar-refractivity contribution in [2.45, 2.75) is 45.6 Å². The molecule has 0 bridgehead atoms. The van der Waals surface area contributed by atoms with Crippen molar-refractivity contribution in [2.24, 2.45) is 0 Å². The average molecular weight is 392 g/mol. The Morgan fingerprint density at radius 1 is 0.800 bits per heavy atom. The van der Waals surface area contributed by atoms with Crippen LogP contribution >= 0.6 is 0 Å². The smallest absolute Gasteiger partial charge is 0.0560 e. The summed E-state index contributed by atoms with van der Waals surface area (Å²) in [6.45, 7) is 9.03. The summed E-state index contributed by atoms with van der Waals surface area (Å²) in [5.41, 5.74) is 10.8. The Kier molecular flexibility index (Phi) is 4.43. The lowest BCUT2D eigenvalue weighted by Crippen LogP contribution is -2.30. The van der Waals surface area contributed by atoms with Gasteiger partial charge in [0.1, 0.15) is 0 Å². The lowest BCUT2D eigenvalue weighted by molar-refractivity contribution is 0.659. The Morgan fingerprint density at radius 3 is 2.23 bits per heavy atom. The van der Waals surface area contributed by atoms with Gasteiger partial charge in [-0.05, 0) is 66.8 Å². The molecule has 3 aromatic carbocycles. The Bertz CT molecular complexity index is 1160. The fraction of sp³-hybridized carbons (Fsp3) is 0.241. The van der Waals surface area contributed by atoms with E-state index in [1.165, 1.54) is 44.8 Å². The van der Waals surface area contributed by atoms with Crippen molar-refractivity contribution in [3.05, 3.63) is 107 Å². The predicted molar refractivity (Wildman–Crippen MR) is 129 cm³/mol. The highest BCUT2D eigenvalue weighted by Gasteiger charge is 2.35. The van der Waals surface area contributed by atoms with Crippen molar-refractivity contribution in [3.63, 3.8) is 0 Å². The van der Waals surface area contributed by atoms with Crippen LogP contribution < -0.4 is 4.90 Å². The van der Waals surface area contributed by atoms with Crippen LogP contribution in [0.5, 0.6) is 0 Å². The fourth-order valence-corrected chi connectivity index (χ4v) is 4.99. The molecule has 1 nitrogen and oxygen atoms in total. The minimum Gasteiger partial charge on any atom is -0.334 e. The third-order valence-electron chi connectivity index (χ3n) is 6.75. The van der Waals surface area contributed by atoms with E-state index in [-0.39, 0.29) is 5.41 Å². The van der Waals surface area contributed by atoms with Gasteiger partial charge in [-0.1, -0.05) is 85.7 Å². The minimum atomic E-state index is 0.0137. The zero-order valence-corrected chi connectivity index (χ0v) is 18.3. The lowest BCUT2D eigenvalue weighted by Gasteiger charge is -2.34. The van der Waals surface area contributed by atoms with E-state index in [1.54, 1.807) is 0 Å². The van der Waals surface area contributed by atoms with Gasteiger partial charge in [-0.2, -0.15) is 0 Å². The summed E-state index contributed by atoms with van der Waals surface area (Å²) < 4.78 is 0.